The van der Waals surface area contributed by atoms with Crippen molar-refractivity contribution < 1.29 is 4.79 Å². The van der Waals surface area contributed by atoms with E-state index in [1.807, 2.05) is 53.7 Å². The Kier molecular flexibility index (Phi) is 3.73. The Bertz CT molecular complexity index is 1280. The fraction of sp³-hybridized carbons (Fsp3) is 0.160. The Labute approximate surface area is 174 Å². The summed E-state index contributed by atoms with van der Waals surface area (Å²) in [6.07, 6.45) is 5.54. The molecule has 2 aromatic heterocycles. The minimum absolute atomic E-state index is 0.162. The Morgan fingerprint density at radius 3 is 2.60 bits per heavy atom. The highest BCUT2D eigenvalue weighted by atomic mass is 16.2. The van der Waals surface area contributed by atoms with Crippen molar-refractivity contribution in [3.8, 4) is 11.1 Å². The molecule has 0 radical (unpaired) electrons. The highest BCUT2D eigenvalue weighted by Crippen LogP contribution is 2.45. The number of pyridine rings is 2. The van der Waals surface area contributed by atoms with Crippen LogP contribution in [0.1, 0.15) is 11.3 Å². The van der Waals surface area contributed by atoms with E-state index in [2.05, 4.69) is 34.6 Å². The van der Waals surface area contributed by atoms with E-state index < -0.39 is 5.41 Å². The van der Waals surface area contributed by atoms with Gasteiger partial charge in [-0.2, -0.15) is 0 Å². The second-order valence-electron chi connectivity index (χ2n) is 8.00. The van der Waals surface area contributed by atoms with Crippen LogP contribution in [0.5, 0.6) is 0 Å². The van der Waals surface area contributed by atoms with Crippen LogP contribution in [0.4, 0.5) is 5.69 Å². The standard InChI is InChI=1S/C25H20N4O/c30-24-25(15-27-16-25)20-9-3-4-10-22(20)29(24)14-21-23(18-7-5-11-26-12-18)19-8-2-1-6-17(19)13-28-21/h1-13,27H,14-16H2. The molecule has 146 valence electrons. The lowest BCUT2D eigenvalue weighted by Gasteiger charge is -2.38. The number of para-hydroxylation sites is 1. The fourth-order valence-corrected chi connectivity index (χ4v) is 4.78. The van der Waals surface area contributed by atoms with Crippen LogP contribution >= 0.6 is 0 Å². The molecular formula is C25H20N4O. The lowest BCUT2D eigenvalue weighted by molar-refractivity contribution is -0.125. The molecule has 5 heteroatoms. The lowest BCUT2D eigenvalue weighted by Crippen LogP contribution is -2.61. The summed E-state index contributed by atoms with van der Waals surface area (Å²) in [7, 11) is 0. The van der Waals surface area contributed by atoms with Crippen molar-refractivity contribution in [2.75, 3.05) is 18.0 Å². The minimum atomic E-state index is -0.429. The highest BCUT2D eigenvalue weighted by molar-refractivity contribution is 6.09. The molecule has 2 aliphatic rings. The third-order valence-corrected chi connectivity index (χ3v) is 6.35. The Hall–Kier alpha value is -3.57. The number of nitrogens with one attached hydrogen (secondary N) is 1. The first-order valence-corrected chi connectivity index (χ1v) is 10.2. The van der Waals surface area contributed by atoms with Gasteiger partial charge in [0.05, 0.1) is 12.2 Å². The smallest absolute Gasteiger partial charge is 0.240 e. The van der Waals surface area contributed by atoms with Gasteiger partial charge >= 0.3 is 0 Å². The summed E-state index contributed by atoms with van der Waals surface area (Å²) in [6.45, 7) is 1.83. The molecule has 1 spiro atoms. The summed E-state index contributed by atoms with van der Waals surface area (Å²) in [5, 5.41) is 5.49. The van der Waals surface area contributed by atoms with E-state index in [0.29, 0.717) is 19.6 Å². The number of amides is 1. The maximum absolute atomic E-state index is 13.5. The van der Waals surface area contributed by atoms with Crippen molar-refractivity contribution in [1.82, 2.24) is 15.3 Å². The third kappa shape index (κ3) is 2.36. The molecule has 1 amide bonds. The van der Waals surface area contributed by atoms with Crippen molar-refractivity contribution in [1.29, 1.82) is 0 Å². The van der Waals surface area contributed by atoms with Gasteiger partial charge in [0.1, 0.15) is 5.41 Å². The molecule has 4 aromatic rings. The predicted octanol–water partition coefficient (Wildman–Crippen LogP) is 3.68. The van der Waals surface area contributed by atoms with Gasteiger partial charge in [-0.1, -0.05) is 48.5 Å². The van der Waals surface area contributed by atoms with Gasteiger partial charge in [0, 0.05) is 53.9 Å². The van der Waals surface area contributed by atoms with Crippen LogP contribution < -0.4 is 10.2 Å². The summed E-state index contributed by atoms with van der Waals surface area (Å²) in [4.78, 5) is 24.6. The van der Waals surface area contributed by atoms with Crippen LogP contribution in [-0.2, 0) is 16.8 Å². The van der Waals surface area contributed by atoms with Gasteiger partial charge in [0.25, 0.3) is 0 Å². The van der Waals surface area contributed by atoms with Gasteiger partial charge in [-0.3, -0.25) is 14.8 Å². The van der Waals surface area contributed by atoms with Crippen molar-refractivity contribution in [3.05, 3.63) is 90.5 Å². The monoisotopic (exact) mass is 392 g/mol. The Morgan fingerprint density at radius 1 is 0.967 bits per heavy atom. The third-order valence-electron chi connectivity index (χ3n) is 6.35. The summed E-state index contributed by atoms with van der Waals surface area (Å²) in [5.74, 6) is 0.162. The molecule has 4 heterocycles. The van der Waals surface area contributed by atoms with Crippen LogP contribution in [0.25, 0.3) is 21.9 Å². The second-order valence-corrected chi connectivity index (χ2v) is 8.00. The molecule has 1 N–H and O–H groups in total. The largest absolute Gasteiger partial charge is 0.314 e. The average Bonchev–Trinajstić information content (AvgIpc) is 3.02. The van der Waals surface area contributed by atoms with Crippen LogP contribution in [-0.4, -0.2) is 29.0 Å². The van der Waals surface area contributed by atoms with E-state index in [4.69, 9.17) is 4.98 Å². The molecule has 0 bridgehead atoms. The number of hydrogen-bond donors (Lipinski definition) is 1. The first-order valence-electron chi connectivity index (χ1n) is 10.2. The maximum Gasteiger partial charge on any atom is 0.240 e. The molecule has 2 aliphatic heterocycles. The molecule has 1 saturated heterocycles. The lowest BCUT2D eigenvalue weighted by atomic mass is 9.76. The first-order chi connectivity index (χ1) is 14.8. The zero-order valence-electron chi connectivity index (χ0n) is 16.4. The summed E-state index contributed by atoms with van der Waals surface area (Å²) in [5.41, 5.74) is 4.63. The van der Waals surface area contributed by atoms with Crippen LogP contribution in [0, 0.1) is 0 Å². The minimum Gasteiger partial charge on any atom is -0.314 e. The molecule has 0 aliphatic carbocycles. The molecule has 6 rings (SSSR count). The number of carbonyl (C=O) groups excluding carboxylic acids is 1. The number of fused-ring (bicyclic) bond motifs is 3. The van der Waals surface area contributed by atoms with E-state index >= 15 is 0 Å². The summed E-state index contributed by atoms with van der Waals surface area (Å²) in [6, 6.07) is 20.4. The van der Waals surface area contributed by atoms with Crippen LogP contribution in [0.3, 0.4) is 0 Å². The van der Waals surface area contributed by atoms with Gasteiger partial charge in [0.2, 0.25) is 5.91 Å². The summed E-state index contributed by atoms with van der Waals surface area (Å²) >= 11 is 0. The number of carbonyl (C=O) groups is 1. The SMILES string of the molecule is O=C1N(Cc2ncc3ccccc3c2-c2cccnc2)c2ccccc2C12CNC2. The first kappa shape index (κ1) is 17.3. The molecule has 2 aromatic carbocycles. The molecule has 0 unspecified atom stereocenters. The van der Waals surface area contributed by atoms with Crippen LogP contribution in [0.15, 0.2) is 79.3 Å². The average molecular weight is 392 g/mol. The Morgan fingerprint density at radius 2 is 1.80 bits per heavy atom. The van der Waals surface area contributed by atoms with Crippen molar-refractivity contribution in [2.45, 2.75) is 12.0 Å². The van der Waals surface area contributed by atoms with E-state index in [1.54, 1.807) is 6.20 Å². The number of rotatable bonds is 3. The number of hydrogen-bond acceptors (Lipinski definition) is 4. The maximum atomic E-state index is 13.5. The van der Waals surface area contributed by atoms with E-state index in [9.17, 15) is 4.79 Å². The molecule has 1 fully saturated rings. The molecular weight excluding hydrogens is 372 g/mol. The topological polar surface area (TPSA) is 58.1 Å². The van der Waals surface area contributed by atoms with Crippen LogP contribution in [0.2, 0.25) is 0 Å². The zero-order chi connectivity index (χ0) is 20.1. The predicted molar refractivity (Wildman–Crippen MR) is 117 cm³/mol. The molecule has 0 saturated carbocycles. The summed E-state index contributed by atoms with van der Waals surface area (Å²) < 4.78 is 0. The number of nitrogens with zero attached hydrogens (tertiary/aromatic N) is 3. The molecule has 30 heavy (non-hydrogen) atoms. The van der Waals surface area contributed by atoms with Gasteiger partial charge in [-0.05, 0) is 23.1 Å². The van der Waals surface area contributed by atoms with Gasteiger partial charge in [-0.25, -0.2) is 0 Å². The van der Waals surface area contributed by atoms with Gasteiger partial charge < -0.3 is 10.2 Å². The normalized spacial score (nSPS) is 16.7. The van der Waals surface area contributed by atoms with Crippen molar-refractivity contribution in [3.63, 3.8) is 0 Å². The Balaban J connectivity index is 1.51. The number of benzene rings is 2. The zero-order valence-corrected chi connectivity index (χ0v) is 16.4. The van der Waals surface area contributed by atoms with Crippen molar-refractivity contribution >= 4 is 22.4 Å². The second kappa shape index (κ2) is 6.47. The fourth-order valence-electron chi connectivity index (χ4n) is 4.78. The van der Waals surface area contributed by atoms with E-state index in [-0.39, 0.29) is 5.91 Å². The van der Waals surface area contributed by atoms with Gasteiger partial charge in [0.15, 0.2) is 0 Å². The van der Waals surface area contributed by atoms with E-state index in [1.165, 1.54) is 0 Å². The van der Waals surface area contributed by atoms with E-state index in [0.717, 1.165) is 38.8 Å². The molecule has 5 nitrogen and oxygen atoms in total. The highest BCUT2D eigenvalue weighted by Gasteiger charge is 2.54. The number of aromatic nitrogens is 2. The quantitative estimate of drug-likeness (QED) is 0.578. The number of anilines is 1. The van der Waals surface area contributed by atoms with Crippen molar-refractivity contribution in [2.24, 2.45) is 0 Å². The molecule has 0 atom stereocenters. The van der Waals surface area contributed by atoms with Gasteiger partial charge in [-0.15, -0.1) is 0 Å².